The first-order chi connectivity index (χ1) is 10.8. The number of hydrogen-bond acceptors (Lipinski definition) is 2. The summed E-state index contributed by atoms with van der Waals surface area (Å²) in [6, 6.07) is 22.3. The van der Waals surface area contributed by atoms with E-state index in [0.29, 0.717) is 12.1 Å². The van der Waals surface area contributed by atoms with E-state index in [2.05, 4.69) is 65.6 Å². The molecule has 0 amide bonds. The molecule has 1 aliphatic rings. The van der Waals surface area contributed by atoms with Gasteiger partial charge in [0.1, 0.15) is 0 Å². The van der Waals surface area contributed by atoms with E-state index in [-0.39, 0.29) is 0 Å². The Morgan fingerprint density at radius 3 is 1.77 bits per heavy atom. The Morgan fingerprint density at radius 2 is 1.27 bits per heavy atom. The summed E-state index contributed by atoms with van der Waals surface area (Å²) in [5.74, 6) is 0. The molecular formula is C20H26N2. The van der Waals surface area contributed by atoms with Crippen LogP contribution in [0.1, 0.15) is 36.8 Å². The first kappa shape index (κ1) is 15.3. The van der Waals surface area contributed by atoms with Crippen LogP contribution in [0, 0.1) is 0 Å². The van der Waals surface area contributed by atoms with Crippen LogP contribution in [-0.4, -0.2) is 17.0 Å². The summed E-state index contributed by atoms with van der Waals surface area (Å²) in [7, 11) is 0. The molecule has 22 heavy (non-hydrogen) atoms. The molecule has 0 heterocycles. The topological polar surface area (TPSA) is 29.3 Å². The molecule has 0 aromatic heterocycles. The van der Waals surface area contributed by atoms with Crippen LogP contribution >= 0.6 is 0 Å². The number of nitrogens with zero attached hydrogens (tertiary/aromatic N) is 1. The van der Waals surface area contributed by atoms with E-state index in [1.165, 1.54) is 30.4 Å². The quantitative estimate of drug-likeness (QED) is 0.904. The monoisotopic (exact) mass is 294 g/mol. The van der Waals surface area contributed by atoms with Gasteiger partial charge in [-0.2, -0.15) is 0 Å². The molecule has 0 bridgehead atoms. The van der Waals surface area contributed by atoms with Gasteiger partial charge in [0.2, 0.25) is 0 Å². The molecule has 116 valence electrons. The van der Waals surface area contributed by atoms with Crippen LogP contribution in [0.2, 0.25) is 0 Å². The van der Waals surface area contributed by atoms with Crippen LogP contribution in [0.25, 0.3) is 0 Å². The minimum atomic E-state index is 0.307. The van der Waals surface area contributed by atoms with Gasteiger partial charge in [0.15, 0.2) is 0 Å². The highest BCUT2D eigenvalue weighted by Crippen LogP contribution is 2.25. The van der Waals surface area contributed by atoms with E-state index >= 15 is 0 Å². The zero-order valence-corrected chi connectivity index (χ0v) is 13.2. The molecule has 0 radical (unpaired) electrons. The van der Waals surface area contributed by atoms with Gasteiger partial charge in [0, 0.05) is 25.2 Å². The van der Waals surface area contributed by atoms with Gasteiger partial charge in [0.05, 0.1) is 0 Å². The Hall–Kier alpha value is -1.64. The van der Waals surface area contributed by atoms with Gasteiger partial charge in [0.25, 0.3) is 0 Å². The van der Waals surface area contributed by atoms with E-state index in [0.717, 1.165) is 19.5 Å². The molecule has 1 aliphatic carbocycles. The van der Waals surface area contributed by atoms with Crippen LogP contribution in [0.4, 0.5) is 0 Å². The maximum absolute atomic E-state index is 6.45. The van der Waals surface area contributed by atoms with E-state index in [9.17, 15) is 0 Å². The predicted molar refractivity (Wildman–Crippen MR) is 92.4 cm³/mol. The third kappa shape index (κ3) is 3.96. The fraction of sp³-hybridized carbons (Fsp3) is 0.400. The van der Waals surface area contributed by atoms with E-state index in [4.69, 9.17) is 5.73 Å². The minimum Gasteiger partial charge on any atom is -0.326 e. The summed E-state index contributed by atoms with van der Waals surface area (Å²) >= 11 is 0. The molecule has 0 spiro atoms. The smallest absolute Gasteiger partial charge is 0.0254 e. The Kier molecular flexibility index (Phi) is 5.25. The maximum Gasteiger partial charge on any atom is 0.0254 e. The van der Waals surface area contributed by atoms with Crippen LogP contribution in [-0.2, 0) is 13.1 Å². The molecule has 1 saturated carbocycles. The average molecular weight is 294 g/mol. The van der Waals surface area contributed by atoms with Crippen molar-refractivity contribution in [2.24, 2.45) is 5.73 Å². The summed E-state index contributed by atoms with van der Waals surface area (Å²) in [6.45, 7) is 1.96. The third-order valence-corrected chi connectivity index (χ3v) is 4.71. The molecule has 2 N–H and O–H groups in total. The molecule has 2 unspecified atom stereocenters. The van der Waals surface area contributed by atoms with Crippen molar-refractivity contribution in [2.45, 2.75) is 50.9 Å². The Bertz CT molecular complexity index is 511. The minimum absolute atomic E-state index is 0.307. The lowest BCUT2D eigenvalue weighted by Crippen LogP contribution is -2.48. The van der Waals surface area contributed by atoms with Crippen molar-refractivity contribution in [1.29, 1.82) is 0 Å². The van der Waals surface area contributed by atoms with Gasteiger partial charge >= 0.3 is 0 Å². The maximum atomic E-state index is 6.45. The predicted octanol–water partition coefficient (Wildman–Crippen LogP) is 3.96. The second-order valence-electron chi connectivity index (χ2n) is 6.39. The normalized spacial score (nSPS) is 21.9. The molecule has 2 aromatic rings. The van der Waals surface area contributed by atoms with E-state index < -0.39 is 0 Å². The SMILES string of the molecule is NC1CCCCC1N(Cc1ccccc1)Cc1ccccc1. The van der Waals surface area contributed by atoms with E-state index in [1.54, 1.807) is 0 Å². The lowest BCUT2D eigenvalue weighted by molar-refractivity contribution is 0.122. The van der Waals surface area contributed by atoms with Crippen molar-refractivity contribution in [2.75, 3.05) is 0 Å². The van der Waals surface area contributed by atoms with Gasteiger partial charge < -0.3 is 5.73 Å². The summed E-state index contributed by atoms with van der Waals surface area (Å²) in [6.07, 6.45) is 4.96. The molecule has 3 rings (SSSR count). The summed E-state index contributed by atoms with van der Waals surface area (Å²) in [4.78, 5) is 2.58. The van der Waals surface area contributed by atoms with Crippen LogP contribution in [0.5, 0.6) is 0 Å². The van der Waals surface area contributed by atoms with Crippen molar-refractivity contribution >= 4 is 0 Å². The number of benzene rings is 2. The molecule has 0 aliphatic heterocycles. The van der Waals surface area contributed by atoms with Crippen LogP contribution in [0.15, 0.2) is 60.7 Å². The lowest BCUT2D eigenvalue weighted by Gasteiger charge is -2.38. The lowest BCUT2D eigenvalue weighted by atomic mass is 9.89. The Balaban J connectivity index is 1.78. The molecule has 2 nitrogen and oxygen atoms in total. The number of rotatable bonds is 5. The van der Waals surface area contributed by atoms with E-state index in [1.807, 2.05) is 0 Å². The molecular weight excluding hydrogens is 268 g/mol. The second-order valence-corrected chi connectivity index (χ2v) is 6.39. The van der Waals surface area contributed by atoms with Gasteiger partial charge in [-0.15, -0.1) is 0 Å². The van der Waals surface area contributed by atoms with Crippen LogP contribution in [0.3, 0.4) is 0 Å². The Morgan fingerprint density at radius 1 is 0.773 bits per heavy atom. The van der Waals surface area contributed by atoms with Crippen molar-refractivity contribution < 1.29 is 0 Å². The first-order valence-corrected chi connectivity index (χ1v) is 8.40. The summed E-state index contributed by atoms with van der Waals surface area (Å²) in [5, 5.41) is 0. The highest BCUT2D eigenvalue weighted by Gasteiger charge is 2.27. The van der Waals surface area contributed by atoms with Gasteiger partial charge in [-0.25, -0.2) is 0 Å². The van der Waals surface area contributed by atoms with Crippen molar-refractivity contribution in [1.82, 2.24) is 4.90 Å². The third-order valence-electron chi connectivity index (χ3n) is 4.71. The van der Waals surface area contributed by atoms with Gasteiger partial charge in [-0.3, -0.25) is 4.90 Å². The molecule has 2 aromatic carbocycles. The molecule has 0 saturated heterocycles. The standard InChI is InChI=1S/C20H26N2/c21-19-13-7-8-14-20(19)22(15-17-9-3-1-4-10-17)16-18-11-5-2-6-12-18/h1-6,9-12,19-20H,7-8,13-16,21H2. The van der Waals surface area contributed by atoms with Gasteiger partial charge in [-0.05, 0) is 24.0 Å². The number of nitrogens with two attached hydrogens (primary N) is 1. The summed E-state index contributed by atoms with van der Waals surface area (Å²) in [5.41, 5.74) is 9.19. The molecule has 2 atom stereocenters. The first-order valence-electron chi connectivity index (χ1n) is 8.40. The fourth-order valence-electron chi connectivity index (χ4n) is 3.52. The average Bonchev–Trinajstić information content (AvgIpc) is 2.57. The summed E-state index contributed by atoms with van der Waals surface area (Å²) < 4.78 is 0. The fourth-order valence-corrected chi connectivity index (χ4v) is 3.52. The van der Waals surface area contributed by atoms with Crippen molar-refractivity contribution in [3.05, 3.63) is 71.8 Å². The molecule has 2 heteroatoms. The second kappa shape index (κ2) is 7.57. The highest BCUT2D eigenvalue weighted by atomic mass is 15.2. The van der Waals surface area contributed by atoms with Crippen LogP contribution < -0.4 is 5.73 Å². The number of hydrogen-bond donors (Lipinski definition) is 1. The van der Waals surface area contributed by atoms with Gasteiger partial charge in [-0.1, -0.05) is 73.5 Å². The Labute approximate surface area is 134 Å². The molecule has 1 fully saturated rings. The zero-order valence-electron chi connectivity index (χ0n) is 13.2. The van der Waals surface area contributed by atoms with Crippen molar-refractivity contribution in [3.63, 3.8) is 0 Å². The zero-order chi connectivity index (χ0) is 15.2. The highest BCUT2D eigenvalue weighted by molar-refractivity contribution is 5.17. The van der Waals surface area contributed by atoms with Crippen molar-refractivity contribution in [3.8, 4) is 0 Å². The largest absolute Gasteiger partial charge is 0.326 e.